The smallest absolute Gasteiger partial charge is 0.266 e. The Morgan fingerprint density at radius 1 is 1.57 bits per heavy atom. The third-order valence-corrected chi connectivity index (χ3v) is 2.41. The van der Waals surface area contributed by atoms with Crippen molar-refractivity contribution in [2.45, 2.75) is 0 Å². The van der Waals surface area contributed by atoms with E-state index in [-0.39, 0.29) is 0 Å². The SMILES string of the molecule is Cn1nc(-c2cscn2)cc1C(N)=O. The fourth-order valence-corrected chi connectivity index (χ4v) is 1.71. The van der Waals surface area contributed by atoms with Crippen LogP contribution in [0, 0.1) is 0 Å². The van der Waals surface area contributed by atoms with Gasteiger partial charge < -0.3 is 5.73 Å². The Labute approximate surface area is 84.2 Å². The van der Waals surface area contributed by atoms with E-state index < -0.39 is 5.91 Å². The van der Waals surface area contributed by atoms with Crippen molar-refractivity contribution < 1.29 is 4.79 Å². The maximum Gasteiger partial charge on any atom is 0.266 e. The molecule has 2 aromatic heterocycles. The number of primary amides is 1. The second-order valence-electron chi connectivity index (χ2n) is 2.78. The fraction of sp³-hybridized carbons (Fsp3) is 0.125. The minimum absolute atomic E-state index is 0.382. The molecule has 0 aliphatic heterocycles. The van der Waals surface area contributed by atoms with E-state index in [1.165, 1.54) is 16.0 Å². The highest BCUT2D eigenvalue weighted by Crippen LogP contribution is 2.17. The van der Waals surface area contributed by atoms with E-state index >= 15 is 0 Å². The molecule has 0 bridgehead atoms. The van der Waals surface area contributed by atoms with Crippen LogP contribution in [-0.4, -0.2) is 20.7 Å². The Kier molecular flexibility index (Phi) is 2.05. The van der Waals surface area contributed by atoms with Gasteiger partial charge in [0.05, 0.1) is 5.51 Å². The van der Waals surface area contributed by atoms with Gasteiger partial charge in [-0.1, -0.05) is 0 Å². The maximum atomic E-state index is 10.9. The lowest BCUT2D eigenvalue weighted by atomic mass is 10.3. The summed E-state index contributed by atoms with van der Waals surface area (Å²) in [6.07, 6.45) is 0. The van der Waals surface area contributed by atoms with Crippen LogP contribution in [-0.2, 0) is 7.05 Å². The molecular weight excluding hydrogens is 200 g/mol. The minimum Gasteiger partial charge on any atom is -0.364 e. The number of rotatable bonds is 2. The Bertz CT molecular complexity index is 460. The molecule has 0 fully saturated rings. The summed E-state index contributed by atoms with van der Waals surface area (Å²) in [6.45, 7) is 0. The van der Waals surface area contributed by atoms with Gasteiger partial charge in [-0.05, 0) is 6.07 Å². The molecule has 5 nitrogen and oxygen atoms in total. The van der Waals surface area contributed by atoms with E-state index in [4.69, 9.17) is 5.73 Å². The number of aromatic nitrogens is 3. The van der Waals surface area contributed by atoms with Crippen LogP contribution in [0.3, 0.4) is 0 Å². The van der Waals surface area contributed by atoms with Crippen LogP contribution < -0.4 is 5.73 Å². The lowest BCUT2D eigenvalue weighted by molar-refractivity contribution is 0.0991. The van der Waals surface area contributed by atoms with Gasteiger partial charge in [0, 0.05) is 12.4 Å². The van der Waals surface area contributed by atoms with Gasteiger partial charge in [-0.15, -0.1) is 11.3 Å². The van der Waals surface area contributed by atoms with Gasteiger partial charge >= 0.3 is 0 Å². The number of carbonyl (C=O) groups excluding carboxylic acids is 1. The van der Waals surface area contributed by atoms with Crippen molar-refractivity contribution >= 4 is 17.2 Å². The summed E-state index contributed by atoms with van der Waals surface area (Å²) in [5, 5.41) is 6.00. The van der Waals surface area contributed by atoms with Crippen molar-refractivity contribution in [3.8, 4) is 11.4 Å². The first-order chi connectivity index (χ1) is 6.68. The van der Waals surface area contributed by atoms with Gasteiger partial charge in [-0.25, -0.2) is 4.98 Å². The highest BCUT2D eigenvalue weighted by atomic mass is 32.1. The summed E-state index contributed by atoms with van der Waals surface area (Å²) < 4.78 is 1.46. The van der Waals surface area contributed by atoms with Gasteiger partial charge in [0.1, 0.15) is 17.1 Å². The molecule has 0 radical (unpaired) electrons. The first-order valence-corrected chi connectivity index (χ1v) is 4.85. The normalized spacial score (nSPS) is 10.4. The fourth-order valence-electron chi connectivity index (χ4n) is 1.16. The minimum atomic E-state index is -0.485. The van der Waals surface area contributed by atoms with Crippen molar-refractivity contribution in [2.75, 3.05) is 0 Å². The molecule has 0 saturated carbocycles. The summed E-state index contributed by atoms with van der Waals surface area (Å²) >= 11 is 1.48. The van der Waals surface area contributed by atoms with Crippen LogP contribution in [0.2, 0.25) is 0 Å². The predicted octanol–water partition coefficient (Wildman–Crippen LogP) is 0.643. The van der Waals surface area contributed by atoms with Crippen molar-refractivity contribution in [2.24, 2.45) is 12.8 Å². The Balaban J connectivity index is 2.48. The lowest BCUT2D eigenvalue weighted by Crippen LogP contribution is -2.15. The number of hydrogen-bond acceptors (Lipinski definition) is 4. The molecule has 72 valence electrons. The molecule has 0 atom stereocenters. The van der Waals surface area contributed by atoms with Crippen molar-refractivity contribution in [1.82, 2.24) is 14.8 Å². The highest BCUT2D eigenvalue weighted by molar-refractivity contribution is 7.07. The van der Waals surface area contributed by atoms with E-state index in [0.29, 0.717) is 11.4 Å². The maximum absolute atomic E-state index is 10.9. The van der Waals surface area contributed by atoms with Gasteiger partial charge in [-0.3, -0.25) is 9.48 Å². The molecule has 0 aromatic carbocycles. The van der Waals surface area contributed by atoms with Crippen LogP contribution in [0.1, 0.15) is 10.5 Å². The second kappa shape index (κ2) is 3.22. The zero-order valence-corrected chi connectivity index (χ0v) is 8.28. The summed E-state index contributed by atoms with van der Waals surface area (Å²) in [6, 6.07) is 1.64. The van der Waals surface area contributed by atoms with Crippen molar-refractivity contribution in [1.29, 1.82) is 0 Å². The molecule has 0 spiro atoms. The number of amides is 1. The summed E-state index contributed by atoms with van der Waals surface area (Å²) in [4.78, 5) is 15.0. The standard InChI is InChI=1S/C8H8N4OS/c1-12-7(8(9)13)2-5(11-12)6-3-14-4-10-6/h2-4H,1H3,(H2,9,13). The predicted molar refractivity (Wildman–Crippen MR) is 52.8 cm³/mol. The molecule has 0 unspecified atom stereocenters. The number of nitrogens with two attached hydrogens (primary N) is 1. The highest BCUT2D eigenvalue weighted by Gasteiger charge is 2.11. The zero-order valence-electron chi connectivity index (χ0n) is 7.47. The van der Waals surface area contributed by atoms with Gasteiger partial charge in [-0.2, -0.15) is 5.10 Å². The number of carbonyl (C=O) groups is 1. The van der Waals surface area contributed by atoms with Crippen LogP contribution in [0.5, 0.6) is 0 Å². The van der Waals surface area contributed by atoms with Crippen LogP contribution >= 0.6 is 11.3 Å². The number of nitrogens with zero attached hydrogens (tertiary/aromatic N) is 3. The second-order valence-corrected chi connectivity index (χ2v) is 3.50. The van der Waals surface area contributed by atoms with Crippen molar-refractivity contribution in [3.05, 3.63) is 22.7 Å². The topological polar surface area (TPSA) is 73.8 Å². The van der Waals surface area contributed by atoms with Crippen LogP contribution in [0.25, 0.3) is 11.4 Å². The third-order valence-electron chi connectivity index (χ3n) is 1.83. The molecule has 0 aliphatic carbocycles. The third kappa shape index (κ3) is 1.39. The summed E-state index contributed by atoms with van der Waals surface area (Å²) in [5.74, 6) is -0.485. The quantitative estimate of drug-likeness (QED) is 0.787. The molecule has 0 aliphatic rings. The molecule has 2 N–H and O–H groups in total. The summed E-state index contributed by atoms with van der Waals surface area (Å²) in [7, 11) is 1.68. The van der Waals surface area contributed by atoms with Crippen LogP contribution in [0.4, 0.5) is 0 Å². The van der Waals surface area contributed by atoms with E-state index in [2.05, 4.69) is 10.1 Å². The Hall–Kier alpha value is -1.69. The average Bonchev–Trinajstić information content (AvgIpc) is 2.70. The van der Waals surface area contributed by atoms with Gasteiger partial charge in [0.25, 0.3) is 5.91 Å². The van der Waals surface area contributed by atoms with E-state index in [0.717, 1.165) is 5.69 Å². The molecule has 2 aromatic rings. The number of aryl methyl sites for hydroxylation is 1. The average molecular weight is 208 g/mol. The molecule has 2 heterocycles. The Morgan fingerprint density at radius 2 is 2.36 bits per heavy atom. The largest absolute Gasteiger partial charge is 0.364 e. The van der Waals surface area contributed by atoms with E-state index in [1.807, 2.05) is 5.38 Å². The lowest BCUT2D eigenvalue weighted by Gasteiger charge is -1.92. The Morgan fingerprint density at radius 3 is 2.86 bits per heavy atom. The molecular formula is C8H8N4OS. The number of hydrogen-bond donors (Lipinski definition) is 1. The van der Waals surface area contributed by atoms with Crippen LogP contribution in [0.15, 0.2) is 17.0 Å². The van der Waals surface area contributed by atoms with Gasteiger partial charge in [0.15, 0.2) is 0 Å². The molecule has 1 amide bonds. The molecule has 0 saturated heterocycles. The zero-order chi connectivity index (χ0) is 10.1. The molecule has 14 heavy (non-hydrogen) atoms. The monoisotopic (exact) mass is 208 g/mol. The first kappa shape index (κ1) is 8.89. The molecule has 2 rings (SSSR count). The first-order valence-electron chi connectivity index (χ1n) is 3.91. The van der Waals surface area contributed by atoms with Crippen molar-refractivity contribution in [3.63, 3.8) is 0 Å². The van der Waals surface area contributed by atoms with E-state index in [1.54, 1.807) is 18.6 Å². The van der Waals surface area contributed by atoms with Gasteiger partial charge in [0.2, 0.25) is 0 Å². The number of thiazole rings is 1. The molecule has 6 heteroatoms. The summed E-state index contributed by atoms with van der Waals surface area (Å²) in [5.41, 5.74) is 8.69. The van der Waals surface area contributed by atoms with E-state index in [9.17, 15) is 4.79 Å².